The van der Waals surface area contributed by atoms with Crippen LogP contribution in [0.2, 0.25) is 0 Å². The highest BCUT2D eigenvalue weighted by atomic mass is 32.2. The van der Waals surface area contributed by atoms with E-state index in [4.69, 9.17) is 14.2 Å². The van der Waals surface area contributed by atoms with Gasteiger partial charge in [-0.2, -0.15) is 5.26 Å². The summed E-state index contributed by atoms with van der Waals surface area (Å²) in [6.45, 7) is 0. The van der Waals surface area contributed by atoms with Crippen LogP contribution in [0.25, 0.3) is 11.6 Å². The van der Waals surface area contributed by atoms with Gasteiger partial charge in [0.05, 0.1) is 36.3 Å². The van der Waals surface area contributed by atoms with Crippen molar-refractivity contribution in [2.24, 2.45) is 0 Å². The van der Waals surface area contributed by atoms with Crippen molar-refractivity contribution >= 4 is 27.6 Å². The highest BCUT2D eigenvalue weighted by Crippen LogP contribution is 2.31. The fourth-order valence-corrected chi connectivity index (χ4v) is 4.06. The molecule has 0 amide bonds. The molecule has 0 fully saturated rings. The number of rotatable bonds is 8. The van der Waals surface area contributed by atoms with Crippen molar-refractivity contribution in [3.8, 4) is 23.3 Å². The molecule has 0 aromatic heterocycles. The molecule has 0 saturated carbocycles. The molecular formula is C26H24N2O6S. The summed E-state index contributed by atoms with van der Waals surface area (Å²) in [7, 11) is 2.32. The Kier molecular flexibility index (Phi) is 7.91. The molecule has 3 aromatic carbocycles. The molecule has 0 unspecified atom stereocenters. The molecule has 0 bridgehead atoms. The summed E-state index contributed by atoms with van der Waals surface area (Å²) in [6.07, 6.45) is 1.67. The minimum absolute atomic E-state index is 0.0744. The zero-order chi connectivity index (χ0) is 25.6. The molecule has 0 atom stereocenters. The van der Waals surface area contributed by atoms with Crippen molar-refractivity contribution in [1.82, 2.24) is 4.31 Å². The predicted molar refractivity (Wildman–Crippen MR) is 132 cm³/mol. The Morgan fingerprint density at radius 3 is 2.17 bits per heavy atom. The molecule has 0 saturated heterocycles. The minimum Gasteiger partial charge on any atom is -0.493 e. The third-order valence-electron chi connectivity index (χ3n) is 5.06. The predicted octanol–water partition coefficient (Wildman–Crippen LogP) is 4.24. The molecule has 9 heteroatoms. The Bertz CT molecular complexity index is 1400. The maximum absolute atomic E-state index is 12.6. The Hall–Kier alpha value is -4.13. The molecule has 180 valence electrons. The minimum atomic E-state index is -3.60. The Labute approximate surface area is 204 Å². The first-order chi connectivity index (χ1) is 16.7. The highest BCUT2D eigenvalue weighted by Gasteiger charge is 2.18. The summed E-state index contributed by atoms with van der Waals surface area (Å²) >= 11 is 0. The molecule has 0 spiro atoms. The summed E-state index contributed by atoms with van der Waals surface area (Å²) in [5, 5.41) is 9.69. The average molecular weight is 493 g/mol. The number of benzene rings is 3. The maximum Gasteiger partial charge on any atom is 0.343 e. The van der Waals surface area contributed by atoms with E-state index in [1.165, 1.54) is 52.6 Å². The maximum atomic E-state index is 12.6. The highest BCUT2D eigenvalue weighted by molar-refractivity contribution is 7.89. The van der Waals surface area contributed by atoms with Gasteiger partial charge >= 0.3 is 5.97 Å². The molecular weight excluding hydrogens is 468 g/mol. The smallest absolute Gasteiger partial charge is 0.343 e. The molecule has 3 aromatic rings. The second-order valence-electron chi connectivity index (χ2n) is 7.51. The van der Waals surface area contributed by atoms with Crippen molar-refractivity contribution in [2.45, 2.75) is 4.90 Å². The second-order valence-corrected chi connectivity index (χ2v) is 9.67. The molecule has 0 radical (unpaired) electrons. The van der Waals surface area contributed by atoms with Crippen LogP contribution >= 0.6 is 0 Å². The lowest BCUT2D eigenvalue weighted by Crippen LogP contribution is -2.22. The molecule has 3 rings (SSSR count). The lowest BCUT2D eigenvalue weighted by atomic mass is 10.0. The fourth-order valence-electron chi connectivity index (χ4n) is 3.16. The zero-order valence-electron chi connectivity index (χ0n) is 19.7. The van der Waals surface area contributed by atoms with E-state index >= 15 is 0 Å². The number of esters is 1. The number of carbonyl (C=O) groups is 1. The SMILES string of the molecule is COc1ccc(/C(C#N)=C\c2cccc(OC(=O)c3ccc(S(=O)(=O)N(C)C)cc3)c2)cc1OC. The van der Waals surface area contributed by atoms with Crippen molar-refractivity contribution in [2.75, 3.05) is 28.3 Å². The van der Waals surface area contributed by atoms with Gasteiger partial charge in [-0.3, -0.25) is 0 Å². The first-order valence-electron chi connectivity index (χ1n) is 10.4. The molecule has 0 heterocycles. The van der Waals surface area contributed by atoms with Crippen molar-refractivity contribution in [3.63, 3.8) is 0 Å². The quantitative estimate of drug-likeness (QED) is 0.200. The van der Waals surface area contributed by atoms with Crippen LogP contribution in [0.5, 0.6) is 17.2 Å². The van der Waals surface area contributed by atoms with Crippen LogP contribution in [0.4, 0.5) is 0 Å². The average Bonchev–Trinajstić information content (AvgIpc) is 2.87. The Balaban J connectivity index is 1.82. The molecule has 0 aliphatic heterocycles. The lowest BCUT2D eigenvalue weighted by Gasteiger charge is -2.11. The number of allylic oxidation sites excluding steroid dienone is 1. The fraction of sp³-hybridized carbons (Fsp3) is 0.154. The van der Waals surface area contributed by atoms with Gasteiger partial charge in [-0.15, -0.1) is 0 Å². The van der Waals surface area contributed by atoms with E-state index in [9.17, 15) is 18.5 Å². The first kappa shape index (κ1) is 25.5. The van der Waals surface area contributed by atoms with E-state index in [1.54, 1.807) is 48.5 Å². The van der Waals surface area contributed by atoms with E-state index in [-0.39, 0.29) is 16.2 Å². The van der Waals surface area contributed by atoms with Crippen molar-refractivity contribution < 1.29 is 27.4 Å². The van der Waals surface area contributed by atoms with Gasteiger partial charge in [0.15, 0.2) is 11.5 Å². The number of nitrogens with zero attached hydrogens (tertiary/aromatic N) is 2. The van der Waals surface area contributed by atoms with Crippen LogP contribution in [-0.2, 0) is 10.0 Å². The largest absolute Gasteiger partial charge is 0.493 e. The summed E-state index contributed by atoms with van der Waals surface area (Å²) in [6, 6.07) is 19.6. The summed E-state index contributed by atoms with van der Waals surface area (Å²) in [5.74, 6) is 0.687. The number of ether oxygens (including phenoxy) is 3. The molecule has 0 N–H and O–H groups in total. The number of nitriles is 1. The third-order valence-corrected chi connectivity index (χ3v) is 6.89. The number of hydrogen-bond donors (Lipinski definition) is 0. The van der Waals surface area contributed by atoms with E-state index < -0.39 is 16.0 Å². The van der Waals surface area contributed by atoms with Crippen LogP contribution in [-0.4, -0.2) is 47.0 Å². The number of hydrogen-bond acceptors (Lipinski definition) is 7. The van der Waals surface area contributed by atoms with E-state index in [2.05, 4.69) is 6.07 Å². The molecule has 0 aliphatic rings. The zero-order valence-corrected chi connectivity index (χ0v) is 20.5. The van der Waals surface area contributed by atoms with Gasteiger partial charge in [0, 0.05) is 14.1 Å². The molecule has 35 heavy (non-hydrogen) atoms. The first-order valence-corrected chi connectivity index (χ1v) is 11.8. The Morgan fingerprint density at radius 1 is 0.914 bits per heavy atom. The van der Waals surface area contributed by atoms with Crippen LogP contribution in [0.3, 0.4) is 0 Å². The second kappa shape index (κ2) is 10.9. The van der Waals surface area contributed by atoms with Gasteiger partial charge in [0.25, 0.3) is 0 Å². The standard InChI is InChI=1S/C26H24N2O6S/c1-28(2)35(30,31)23-11-8-19(9-12-23)26(29)34-22-7-5-6-18(15-22)14-21(17-27)20-10-13-24(32-3)25(16-20)33-4/h5-16H,1-4H3/b21-14-. The lowest BCUT2D eigenvalue weighted by molar-refractivity contribution is 0.0734. The molecule has 0 aliphatic carbocycles. The van der Waals surface area contributed by atoms with Gasteiger partial charge < -0.3 is 14.2 Å². The van der Waals surface area contributed by atoms with Gasteiger partial charge in [-0.25, -0.2) is 17.5 Å². The van der Waals surface area contributed by atoms with E-state index in [1.807, 2.05) is 0 Å². The third kappa shape index (κ3) is 5.87. The van der Waals surface area contributed by atoms with Crippen LogP contribution in [0, 0.1) is 11.3 Å². The van der Waals surface area contributed by atoms with Gasteiger partial charge in [0.1, 0.15) is 5.75 Å². The van der Waals surface area contributed by atoms with Crippen LogP contribution in [0.1, 0.15) is 21.5 Å². The summed E-state index contributed by atoms with van der Waals surface area (Å²) in [4.78, 5) is 12.6. The van der Waals surface area contributed by atoms with Gasteiger partial charge in [0.2, 0.25) is 10.0 Å². The van der Waals surface area contributed by atoms with E-state index in [0.29, 0.717) is 28.2 Å². The van der Waals surface area contributed by atoms with E-state index in [0.717, 1.165) is 4.31 Å². The topological polar surface area (TPSA) is 106 Å². The normalized spacial score (nSPS) is 11.6. The Morgan fingerprint density at radius 2 is 1.57 bits per heavy atom. The van der Waals surface area contributed by atoms with Crippen LogP contribution in [0.15, 0.2) is 71.6 Å². The number of sulfonamides is 1. The summed E-state index contributed by atoms with van der Waals surface area (Å²) < 4.78 is 41.5. The summed E-state index contributed by atoms with van der Waals surface area (Å²) in [5.41, 5.74) is 1.87. The van der Waals surface area contributed by atoms with Gasteiger partial charge in [-0.05, 0) is 71.8 Å². The number of carbonyl (C=O) groups excluding carboxylic acids is 1. The molecule has 8 nitrogen and oxygen atoms in total. The monoisotopic (exact) mass is 492 g/mol. The van der Waals surface area contributed by atoms with Crippen molar-refractivity contribution in [3.05, 3.63) is 83.4 Å². The van der Waals surface area contributed by atoms with Crippen LogP contribution < -0.4 is 14.2 Å². The number of methoxy groups -OCH3 is 2. The van der Waals surface area contributed by atoms with Gasteiger partial charge in [-0.1, -0.05) is 12.1 Å². The van der Waals surface area contributed by atoms with Crippen molar-refractivity contribution in [1.29, 1.82) is 5.26 Å².